The molecule has 2 aliphatic heterocycles. The standard InChI is InChI=1S/C16H25N5O2/c1-19-4-6-20(7-5-19)15-3-2-14(12-17-15)13-18-16(22)21-8-10-23-11-9-21/h2-3,12H,4-11,13H2,1H3,(H,18,22). The van der Waals surface area contributed by atoms with E-state index >= 15 is 0 Å². The Morgan fingerprint density at radius 2 is 1.91 bits per heavy atom. The molecule has 7 heteroatoms. The number of morpholine rings is 1. The van der Waals surface area contributed by atoms with E-state index in [2.05, 4.69) is 27.1 Å². The molecular formula is C16H25N5O2. The van der Waals surface area contributed by atoms with Crippen molar-refractivity contribution in [2.24, 2.45) is 0 Å². The van der Waals surface area contributed by atoms with Crippen molar-refractivity contribution in [3.8, 4) is 0 Å². The zero-order chi connectivity index (χ0) is 16.1. The van der Waals surface area contributed by atoms with E-state index in [0.29, 0.717) is 32.8 Å². The number of pyridine rings is 1. The number of nitrogens with zero attached hydrogens (tertiary/aromatic N) is 4. The van der Waals surface area contributed by atoms with Crippen LogP contribution in [0.5, 0.6) is 0 Å². The van der Waals surface area contributed by atoms with Crippen LogP contribution in [0.25, 0.3) is 0 Å². The lowest BCUT2D eigenvalue weighted by Crippen LogP contribution is -2.46. The van der Waals surface area contributed by atoms with Gasteiger partial charge in [-0.2, -0.15) is 0 Å². The van der Waals surface area contributed by atoms with E-state index in [1.165, 1.54) is 0 Å². The maximum Gasteiger partial charge on any atom is 0.317 e. The van der Waals surface area contributed by atoms with Crippen molar-refractivity contribution in [1.29, 1.82) is 0 Å². The van der Waals surface area contributed by atoms with Gasteiger partial charge in [-0.05, 0) is 18.7 Å². The van der Waals surface area contributed by atoms with Gasteiger partial charge in [0.25, 0.3) is 0 Å². The van der Waals surface area contributed by atoms with Crippen LogP contribution in [0.15, 0.2) is 18.3 Å². The lowest BCUT2D eigenvalue weighted by atomic mass is 10.2. The molecule has 0 spiro atoms. The van der Waals surface area contributed by atoms with Crippen molar-refractivity contribution in [2.45, 2.75) is 6.54 Å². The van der Waals surface area contributed by atoms with Crippen LogP contribution in [-0.2, 0) is 11.3 Å². The molecule has 1 aromatic heterocycles. The van der Waals surface area contributed by atoms with E-state index in [4.69, 9.17) is 4.74 Å². The Morgan fingerprint density at radius 1 is 1.17 bits per heavy atom. The number of likely N-dealkylation sites (N-methyl/N-ethyl adjacent to an activating group) is 1. The van der Waals surface area contributed by atoms with Crippen LogP contribution < -0.4 is 10.2 Å². The van der Waals surface area contributed by atoms with Gasteiger partial charge in [0.2, 0.25) is 0 Å². The van der Waals surface area contributed by atoms with Gasteiger partial charge in [-0.1, -0.05) is 6.07 Å². The van der Waals surface area contributed by atoms with Gasteiger partial charge in [0, 0.05) is 52.0 Å². The third kappa shape index (κ3) is 4.33. The molecule has 0 bridgehead atoms. The van der Waals surface area contributed by atoms with Crippen LogP contribution in [0.3, 0.4) is 0 Å². The maximum absolute atomic E-state index is 12.0. The Morgan fingerprint density at radius 3 is 2.57 bits per heavy atom. The van der Waals surface area contributed by atoms with Crippen molar-refractivity contribution < 1.29 is 9.53 Å². The summed E-state index contributed by atoms with van der Waals surface area (Å²) in [6.07, 6.45) is 1.85. The third-order valence-electron chi connectivity index (χ3n) is 4.38. The van der Waals surface area contributed by atoms with E-state index in [0.717, 1.165) is 37.6 Å². The number of nitrogens with one attached hydrogen (secondary N) is 1. The molecule has 0 aromatic carbocycles. The smallest absolute Gasteiger partial charge is 0.317 e. The van der Waals surface area contributed by atoms with Gasteiger partial charge in [0.05, 0.1) is 13.2 Å². The first-order valence-electron chi connectivity index (χ1n) is 8.21. The molecule has 0 atom stereocenters. The Balaban J connectivity index is 1.48. The second-order valence-corrected chi connectivity index (χ2v) is 6.07. The van der Waals surface area contributed by atoms with Gasteiger partial charge in [-0.15, -0.1) is 0 Å². The molecule has 0 saturated carbocycles. The van der Waals surface area contributed by atoms with Crippen LogP contribution in [0.2, 0.25) is 0 Å². The quantitative estimate of drug-likeness (QED) is 0.872. The number of amides is 2. The van der Waals surface area contributed by atoms with E-state index in [1.807, 2.05) is 18.3 Å². The van der Waals surface area contributed by atoms with Crippen LogP contribution >= 0.6 is 0 Å². The lowest BCUT2D eigenvalue weighted by Gasteiger charge is -2.33. The molecular weight excluding hydrogens is 294 g/mol. The molecule has 2 amide bonds. The number of anilines is 1. The van der Waals surface area contributed by atoms with Gasteiger partial charge >= 0.3 is 6.03 Å². The topological polar surface area (TPSA) is 60.9 Å². The Kier molecular flexibility index (Phi) is 5.30. The maximum atomic E-state index is 12.0. The van der Waals surface area contributed by atoms with Gasteiger partial charge in [0.1, 0.15) is 5.82 Å². The second-order valence-electron chi connectivity index (χ2n) is 6.07. The highest BCUT2D eigenvalue weighted by Gasteiger charge is 2.17. The van der Waals surface area contributed by atoms with Crippen molar-refractivity contribution in [3.63, 3.8) is 0 Å². The average Bonchev–Trinajstić information content (AvgIpc) is 2.61. The lowest BCUT2D eigenvalue weighted by molar-refractivity contribution is 0.0531. The molecule has 1 aromatic rings. The predicted octanol–water partition coefficient (Wildman–Crippen LogP) is 0.375. The molecule has 3 heterocycles. The third-order valence-corrected chi connectivity index (χ3v) is 4.38. The summed E-state index contributed by atoms with van der Waals surface area (Å²) in [5, 5.41) is 2.94. The summed E-state index contributed by atoms with van der Waals surface area (Å²) >= 11 is 0. The van der Waals surface area contributed by atoms with E-state index in [9.17, 15) is 4.79 Å². The summed E-state index contributed by atoms with van der Waals surface area (Å²) < 4.78 is 5.25. The first-order valence-corrected chi connectivity index (χ1v) is 8.21. The second kappa shape index (κ2) is 7.61. The number of rotatable bonds is 3. The number of piperazine rings is 1. The highest BCUT2D eigenvalue weighted by Crippen LogP contribution is 2.13. The minimum Gasteiger partial charge on any atom is -0.378 e. The Hall–Kier alpha value is -1.86. The van der Waals surface area contributed by atoms with Gasteiger partial charge < -0.3 is 24.8 Å². The summed E-state index contributed by atoms with van der Waals surface area (Å²) in [6, 6.07) is 4.05. The molecule has 2 saturated heterocycles. The first-order chi connectivity index (χ1) is 11.2. The molecule has 23 heavy (non-hydrogen) atoms. The summed E-state index contributed by atoms with van der Waals surface area (Å²) in [5.41, 5.74) is 1.02. The van der Waals surface area contributed by atoms with Crippen LogP contribution in [0.4, 0.5) is 10.6 Å². The molecule has 126 valence electrons. The number of aromatic nitrogens is 1. The number of ether oxygens (including phenoxy) is 1. The summed E-state index contributed by atoms with van der Waals surface area (Å²) in [4.78, 5) is 23.0. The molecule has 1 N–H and O–H groups in total. The normalized spacial score (nSPS) is 19.7. The molecule has 0 unspecified atom stereocenters. The highest BCUT2D eigenvalue weighted by atomic mass is 16.5. The van der Waals surface area contributed by atoms with Crippen molar-refractivity contribution in [1.82, 2.24) is 20.1 Å². The molecule has 0 radical (unpaired) electrons. The largest absolute Gasteiger partial charge is 0.378 e. The fourth-order valence-corrected chi connectivity index (χ4v) is 2.80. The SMILES string of the molecule is CN1CCN(c2ccc(CNC(=O)N3CCOCC3)cn2)CC1. The number of hydrogen-bond donors (Lipinski definition) is 1. The van der Waals surface area contributed by atoms with Gasteiger partial charge in [0.15, 0.2) is 0 Å². The minimum absolute atomic E-state index is 0.0311. The number of hydrogen-bond acceptors (Lipinski definition) is 5. The predicted molar refractivity (Wildman–Crippen MR) is 88.6 cm³/mol. The van der Waals surface area contributed by atoms with Crippen LogP contribution in [0.1, 0.15) is 5.56 Å². The Bertz CT molecular complexity index is 508. The molecule has 0 aliphatic carbocycles. The minimum atomic E-state index is -0.0311. The van der Waals surface area contributed by atoms with Crippen molar-refractivity contribution >= 4 is 11.8 Å². The summed E-state index contributed by atoms with van der Waals surface area (Å²) in [6.45, 7) is 7.22. The van der Waals surface area contributed by atoms with Gasteiger partial charge in [-0.25, -0.2) is 9.78 Å². The van der Waals surface area contributed by atoms with Crippen LogP contribution in [-0.4, -0.2) is 80.3 Å². The molecule has 2 fully saturated rings. The van der Waals surface area contributed by atoms with Crippen molar-refractivity contribution in [3.05, 3.63) is 23.9 Å². The molecule has 7 nitrogen and oxygen atoms in total. The number of carbonyl (C=O) groups excluding carboxylic acids is 1. The fourth-order valence-electron chi connectivity index (χ4n) is 2.80. The van der Waals surface area contributed by atoms with E-state index in [1.54, 1.807) is 4.90 Å². The highest BCUT2D eigenvalue weighted by molar-refractivity contribution is 5.74. The first kappa shape index (κ1) is 16.0. The fraction of sp³-hybridized carbons (Fsp3) is 0.625. The van der Waals surface area contributed by atoms with Gasteiger partial charge in [-0.3, -0.25) is 0 Å². The Labute approximate surface area is 137 Å². The summed E-state index contributed by atoms with van der Waals surface area (Å²) in [7, 11) is 2.14. The van der Waals surface area contributed by atoms with E-state index in [-0.39, 0.29) is 6.03 Å². The molecule has 3 rings (SSSR count). The summed E-state index contributed by atoms with van der Waals surface area (Å²) in [5.74, 6) is 1.02. The number of urea groups is 1. The monoisotopic (exact) mass is 319 g/mol. The van der Waals surface area contributed by atoms with E-state index < -0.39 is 0 Å². The number of carbonyl (C=O) groups is 1. The van der Waals surface area contributed by atoms with Crippen molar-refractivity contribution in [2.75, 3.05) is 64.4 Å². The zero-order valence-electron chi connectivity index (χ0n) is 13.7. The zero-order valence-corrected chi connectivity index (χ0v) is 13.7. The molecule has 2 aliphatic rings. The average molecular weight is 319 g/mol. The van der Waals surface area contributed by atoms with Crippen LogP contribution in [0, 0.1) is 0 Å².